The van der Waals surface area contributed by atoms with Gasteiger partial charge in [0.1, 0.15) is 73.2 Å². The summed E-state index contributed by atoms with van der Waals surface area (Å²) in [4.78, 5) is 13.5. The molecule has 3 rings (SSSR count). The van der Waals surface area contributed by atoms with Gasteiger partial charge in [0.25, 0.3) is 0 Å². The van der Waals surface area contributed by atoms with E-state index in [0.29, 0.717) is 12.8 Å². The molecule has 3 fully saturated rings. The number of ether oxygens (including phenoxy) is 6. The van der Waals surface area contributed by atoms with Gasteiger partial charge in [-0.25, -0.2) is 0 Å². The van der Waals surface area contributed by atoms with Crippen LogP contribution in [0.25, 0.3) is 0 Å². The number of hydrogen-bond donors (Lipinski definition) is 12. The zero-order chi connectivity index (χ0) is 73.9. The lowest BCUT2D eigenvalue weighted by Crippen LogP contribution is -2.66. The van der Waals surface area contributed by atoms with E-state index in [0.717, 1.165) is 96.3 Å². The van der Waals surface area contributed by atoms with Crippen molar-refractivity contribution in [2.45, 2.75) is 381 Å². The number of allylic oxidation sites excluding steroid dienone is 17. The van der Waals surface area contributed by atoms with Gasteiger partial charge in [-0.2, -0.15) is 0 Å². The average molecular weight is 1440 g/mol. The molecule has 588 valence electrons. The number of amides is 1. The predicted octanol–water partition coefficient (Wildman–Crippen LogP) is 13.3. The van der Waals surface area contributed by atoms with Gasteiger partial charge in [0.05, 0.1) is 38.6 Å². The van der Waals surface area contributed by atoms with Crippen LogP contribution < -0.4 is 5.32 Å². The molecule has 0 aromatic heterocycles. The molecule has 3 aliphatic rings. The largest absolute Gasteiger partial charge is 0.394 e. The van der Waals surface area contributed by atoms with Gasteiger partial charge in [-0.1, -0.05) is 290 Å². The van der Waals surface area contributed by atoms with E-state index < -0.39 is 124 Å². The monoisotopic (exact) mass is 1440 g/mol. The van der Waals surface area contributed by atoms with Crippen molar-refractivity contribution in [3.63, 3.8) is 0 Å². The van der Waals surface area contributed by atoms with Crippen LogP contribution in [0.1, 0.15) is 277 Å². The highest BCUT2D eigenvalue weighted by molar-refractivity contribution is 5.76. The fourth-order valence-corrected chi connectivity index (χ4v) is 12.9. The van der Waals surface area contributed by atoms with Gasteiger partial charge >= 0.3 is 0 Å². The average Bonchev–Trinajstić information content (AvgIpc) is 0.781. The zero-order valence-electron chi connectivity index (χ0n) is 62.8. The number of unbranched alkanes of at least 4 members (excludes halogenated alkanes) is 30. The summed E-state index contributed by atoms with van der Waals surface area (Å²) < 4.78 is 34.4. The fraction of sp³-hybridized carbons (Fsp3) is 0.771. The van der Waals surface area contributed by atoms with Crippen molar-refractivity contribution in [2.75, 3.05) is 26.4 Å². The number of carbonyl (C=O) groups excluding carboxylic acids is 1. The van der Waals surface area contributed by atoms with Crippen molar-refractivity contribution >= 4 is 5.91 Å². The quantitative estimate of drug-likeness (QED) is 0.0199. The maximum absolute atomic E-state index is 13.5. The van der Waals surface area contributed by atoms with Crippen molar-refractivity contribution in [3.05, 3.63) is 109 Å². The van der Waals surface area contributed by atoms with Crippen LogP contribution in [0.4, 0.5) is 0 Å². The highest BCUT2D eigenvalue weighted by atomic mass is 16.8. The summed E-state index contributed by atoms with van der Waals surface area (Å²) in [6.07, 6.45) is 59.2. The van der Waals surface area contributed by atoms with Crippen LogP contribution >= 0.6 is 0 Å². The minimum atomic E-state index is -1.99. The molecule has 3 saturated heterocycles. The van der Waals surface area contributed by atoms with Crippen molar-refractivity contribution in [1.82, 2.24) is 5.32 Å². The molecule has 3 aliphatic heterocycles. The summed E-state index contributed by atoms with van der Waals surface area (Å²) >= 11 is 0. The summed E-state index contributed by atoms with van der Waals surface area (Å²) in [5, 5.41) is 121. The van der Waals surface area contributed by atoms with Gasteiger partial charge in [-0.05, 0) is 89.9 Å². The molecular weight excluding hydrogens is 1300 g/mol. The summed E-state index contributed by atoms with van der Waals surface area (Å²) in [6.45, 7) is 1.62. The van der Waals surface area contributed by atoms with Crippen LogP contribution in [-0.2, 0) is 33.2 Å². The Morgan fingerprint density at radius 1 is 0.363 bits per heavy atom. The van der Waals surface area contributed by atoms with E-state index in [1.165, 1.54) is 148 Å². The Bertz CT molecular complexity index is 2270. The highest BCUT2D eigenvalue weighted by Gasteiger charge is 2.54. The number of aliphatic hydroxyl groups excluding tert-OH is 11. The van der Waals surface area contributed by atoms with Gasteiger partial charge in [0.2, 0.25) is 5.91 Å². The molecule has 1 amide bonds. The third-order valence-electron chi connectivity index (χ3n) is 19.3. The Morgan fingerprint density at radius 3 is 1.10 bits per heavy atom. The van der Waals surface area contributed by atoms with Crippen LogP contribution in [-0.4, -0.2) is 193 Å². The van der Waals surface area contributed by atoms with Gasteiger partial charge < -0.3 is 89.9 Å². The molecule has 3 heterocycles. The SMILES string of the molecule is CC/C=C\C/C=C\C/C=C\C/C=C\C/C=C\C/C=C\C/C=C\CCCCCCCCCCCCCCCC(=O)NC(COC1OC(CO)C(OC2OC(CO)C(OC3OC(CO)C(O)C(O)C3O)C(O)C2O)C(O)C1O)C(O)/C=C/CC/C=C/CCCCCCCCCCCCCCCCCC. The first-order valence-electron chi connectivity index (χ1n) is 40.1. The van der Waals surface area contributed by atoms with Gasteiger partial charge in [-0.15, -0.1) is 0 Å². The van der Waals surface area contributed by atoms with Crippen molar-refractivity contribution in [2.24, 2.45) is 0 Å². The molecule has 0 aromatic carbocycles. The van der Waals surface area contributed by atoms with E-state index in [9.17, 15) is 61.0 Å². The van der Waals surface area contributed by atoms with E-state index in [1.54, 1.807) is 6.08 Å². The summed E-state index contributed by atoms with van der Waals surface area (Å²) in [5.74, 6) is -0.288. The second kappa shape index (κ2) is 62.5. The molecule has 0 bridgehead atoms. The molecule has 19 nitrogen and oxygen atoms in total. The normalized spacial score (nSPS) is 26.8. The van der Waals surface area contributed by atoms with Crippen molar-refractivity contribution in [1.29, 1.82) is 0 Å². The predicted molar refractivity (Wildman–Crippen MR) is 406 cm³/mol. The summed E-state index contributed by atoms with van der Waals surface area (Å²) in [7, 11) is 0. The first-order valence-corrected chi connectivity index (χ1v) is 40.1. The minimum absolute atomic E-state index is 0.228. The smallest absolute Gasteiger partial charge is 0.220 e. The van der Waals surface area contributed by atoms with Crippen molar-refractivity contribution < 1.29 is 89.4 Å². The van der Waals surface area contributed by atoms with Gasteiger partial charge in [0.15, 0.2) is 18.9 Å². The standard InChI is InChI=1S/C83H143NO18/c1-3-5-7-9-11-13-15-17-19-21-23-25-27-28-29-30-31-32-33-34-35-36-37-38-39-41-43-45-47-49-51-53-55-57-59-61-71(89)84-66(67(88)60-58-56-54-52-50-48-46-44-42-40-26-24-22-20-18-16-14-12-10-8-6-4-2)65-97-81-77(95)74(92)79(69(63-86)99-81)102-83-78(96)75(93)80(70(64-87)100-83)101-82-76(94)73(91)72(90)68(62-85)98-82/h5,7,11,13,17,19,23,25,28-29,31-32,34-35,50,52,58,60,66-70,72-83,85-88,90-96H,3-4,6,8-10,12,14-16,18,20-22,24,26-27,30,33,36-49,51,53-57,59,61-65H2,1-2H3,(H,84,89)/b7-5-,13-11-,19-17-,25-23-,29-28-,32-31-,35-34-,52-50+,60-58+. The Kier molecular flexibility index (Phi) is 56.8. The van der Waals surface area contributed by atoms with E-state index >= 15 is 0 Å². The summed E-state index contributed by atoms with van der Waals surface area (Å²) in [5.41, 5.74) is 0. The van der Waals surface area contributed by atoms with Crippen LogP contribution in [0, 0.1) is 0 Å². The van der Waals surface area contributed by atoms with Crippen molar-refractivity contribution in [3.8, 4) is 0 Å². The van der Waals surface area contributed by atoms with E-state index in [4.69, 9.17) is 28.4 Å². The summed E-state index contributed by atoms with van der Waals surface area (Å²) in [6, 6.07) is -0.998. The Morgan fingerprint density at radius 2 is 0.686 bits per heavy atom. The van der Waals surface area contributed by atoms with Gasteiger partial charge in [0, 0.05) is 6.42 Å². The van der Waals surface area contributed by atoms with Crippen LogP contribution in [0.2, 0.25) is 0 Å². The molecule has 0 radical (unpaired) electrons. The second-order valence-corrected chi connectivity index (χ2v) is 28.1. The number of nitrogens with one attached hydrogen (secondary N) is 1. The Hall–Kier alpha value is -3.55. The number of aliphatic hydroxyl groups is 11. The van der Waals surface area contributed by atoms with E-state index in [2.05, 4.69) is 116 Å². The van der Waals surface area contributed by atoms with E-state index in [1.807, 2.05) is 6.08 Å². The Balaban J connectivity index is 1.37. The lowest BCUT2D eigenvalue weighted by atomic mass is 9.96. The van der Waals surface area contributed by atoms with Crippen LogP contribution in [0.3, 0.4) is 0 Å². The second-order valence-electron chi connectivity index (χ2n) is 28.1. The molecule has 17 atom stereocenters. The maximum atomic E-state index is 13.5. The Labute approximate surface area is 615 Å². The highest BCUT2D eigenvalue weighted by Crippen LogP contribution is 2.33. The molecule has 0 spiro atoms. The molecule has 102 heavy (non-hydrogen) atoms. The third kappa shape index (κ3) is 42.1. The number of rotatable bonds is 62. The fourth-order valence-electron chi connectivity index (χ4n) is 12.9. The third-order valence-corrected chi connectivity index (χ3v) is 19.3. The molecule has 17 unspecified atom stereocenters. The first-order chi connectivity index (χ1) is 49.8. The number of hydrogen-bond acceptors (Lipinski definition) is 18. The number of carbonyl (C=O) groups is 1. The zero-order valence-corrected chi connectivity index (χ0v) is 62.8. The molecule has 19 heteroatoms. The van der Waals surface area contributed by atoms with Crippen LogP contribution in [0.5, 0.6) is 0 Å². The topological polar surface area (TPSA) is 307 Å². The van der Waals surface area contributed by atoms with Crippen LogP contribution in [0.15, 0.2) is 109 Å². The molecule has 0 saturated carbocycles. The lowest BCUT2D eigenvalue weighted by Gasteiger charge is -2.48. The molecule has 0 aliphatic carbocycles. The lowest BCUT2D eigenvalue weighted by molar-refractivity contribution is -0.379. The van der Waals surface area contributed by atoms with E-state index in [-0.39, 0.29) is 18.9 Å². The molecular formula is C83H143NO18. The first kappa shape index (κ1) is 92.7. The van der Waals surface area contributed by atoms with Gasteiger partial charge in [-0.3, -0.25) is 4.79 Å². The minimum Gasteiger partial charge on any atom is -0.394 e. The molecule has 12 N–H and O–H groups in total. The maximum Gasteiger partial charge on any atom is 0.220 e. The molecule has 0 aromatic rings.